The molecule has 4 atom stereocenters. The van der Waals surface area contributed by atoms with E-state index in [0.717, 1.165) is 22.3 Å². The van der Waals surface area contributed by atoms with Gasteiger partial charge in [0.05, 0.1) is 18.1 Å². The van der Waals surface area contributed by atoms with E-state index < -0.39 is 0 Å². The predicted molar refractivity (Wildman–Crippen MR) is 137 cm³/mol. The maximum absolute atomic E-state index is 14.1. The number of benzene rings is 3. The van der Waals surface area contributed by atoms with Crippen LogP contribution in [0.2, 0.25) is 0 Å². The first kappa shape index (κ1) is 24.4. The molecule has 0 radical (unpaired) electrons. The van der Waals surface area contributed by atoms with Gasteiger partial charge in [-0.15, -0.1) is 0 Å². The van der Waals surface area contributed by atoms with Gasteiger partial charge in [-0.2, -0.15) is 0 Å². The Kier molecular flexibility index (Phi) is 6.80. The lowest BCUT2D eigenvalue weighted by molar-refractivity contribution is -0.133. The summed E-state index contributed by atoms with van der Waals surface area (Å²) in [6.45, 7) is 9.41. The Morgan fingerprint density at radius 3 is 2.42 bits per heavy atom. The van der Waals surface area contributed by atoms with E-state index in [0.29, 0.717) is 29.0 Å². The number of phenolic OH excluding ortho intramolecular Hbond substituents is 1. The topological polar surface area (TPSA) is 49.8 Å². The van der Waals surface area contributed by atoms with Gasteiger partial charge in [-0.05, 0) is 110 Å². The molecule has 0 aromatic heterocycles. The summed E-state index contributed by atoms with van der Waals surface area (Å²) in [6, 6.07) is 12.8. The first-order valence-corrected chi connectivity index (χ1v) is 12.2. The Bertz CT molecular complexity index is 1330. The highest BCUT2D eigenvalue weighted by Gasteiger charge is 2.52. The molecule has 4 rings (SSSR count). The van der Waals surface area contributed by atoms with Crippen LogP contribution in [0.3, 0.4) is 0 Å². The second-order valence-corrected chi connectivity index (χ2v) is 9.95. The van der Waals surface area contributed by atoms with Gasteiger partial charge in [0.2, 0.25) is 5.91 Å². The van der Waals surface area contributed by atoms with E-state index in [1.165, 1.54) is 18.2 Å². The van der Waals surface area contributed by atoms with Crippen molar-refractivity contribution in [3.8, 4) is 5.75 Å². The number of aromatic hydroxyl groups is 1. The molecule has 1 N–H and O–H groups in total. The molecule has 1 amide bonds. The molecule has 1 fully saturated rings. The molecule has 3 aromatic carbocycles. The second-order valence-electron chi connectivity index (χ2n) is 9.95. The van der Waals surface area contributed by atoms with Crippen LogP contribution >= 0.6 is 0 Å². The Morgan fingerprint density at radius 2 is 1.78 bits per heavy atom. The van der Waals surface area contributed by atoms with Gasteiger partial charge >= 0.3 is 0 Å². The van der Waals surface area contributed by atoms with Gasteiger partial charge in [0.25, 0.3) is 1.43 Å². The molecule has 0 aliphatic carbocycles. The van der Waals surface area contributed by atoms with Crippen LogP contribution in [0, 0.1) is 51.2 Å². The standard InChI is InChI=1S/C30H33F2NO3/c1-16-14-22(34)8-9-23(16)29-28(30(35)33(29)26-12-7-21(31)13-17(26)2)18(3)15-27(36-6)24-10-11-25(32)20(5)19(24)4/h7-14,18,27-29,34H,15H2,1-6H3/t18-,27-,28+,29+/m0/s1/i/hD. The second kappa shape index (κ2) is 10.0. The van der Waals surface area contributed by atoms with Crippen LogP contribution in [0.1, 0.15) is 58.9 Å². The van der Waals surface area contributed by atoms with Crippen LogP contribution < -0.4 is 4.90 Å². The minimum Gasteiger partial charge on any atom is -0.508 e. The number of halogens is 2. The summed E-state index contributed by atoms with van der Waals surface area (Å²) in [6.07, 6.45) is 0.267. The molecule has 0 saturated carbocycles. The quantitative estimate of drug-likeness (QED) is 0.342. The van der Waals surface area contributed by atoms with E-state index in [2.05, 4.69) is 5.11 Å². The normalized spacial score (nSPS) is 19.5. The Hall–Kier alpha value is -3.25. The number of β-lactam (4-membered cyclic amide) rings is 1. The van der Waals surface area contributed by atoms with Crippen LogP contribution in [0.25, 0.3) is 0 Å². The first-order chi connectivity index (χ1) is 17.6. The number of carbonyl (C=O) groups excluding carboxylic acids is 1. The highest BCUT2D eigenvalue weighted by Crippen LogP contribution is 2.50. The molecule has 3 aromatic rings. The highest BCUT2D eigenvalue weighted by atomic mass is 19.1. The molecule has 190 valence electrons. The fourth-order valence-corrected chi connectivity index (χ4v) is 5.53. The third-order valence-electron chi connectivity index (χ3n) is 7.71. The number of hydrogen-bond acceptors (Lipinski definition) is 3. The number of carbonyl (C=O) groups is 1. The predicted octanol–water partition coefficient (Wildman–Crippen LogP) is 7.02. The van der Waals surface area contributed by atoms with Crippen LogP contribution in [0.4, 0.5) is 14.5 Å². The van der Waals surface area contributed by atoms with Gasteiger partial charge in [0.15, 0.2) is 0 Å². The van der Waals surface area contributed by atoms with Gasteiger partial charge in [-0.1, -0.05) is 19.1 Å². The largest absolute Gasteiger partial charge is 0.508 e. The number of amides is 1. The van der Waals surface area contributed by atoms with Crippen molar-refractivity contribution in [2.45, 2.75) is 53.2 Å². The molecular formula is C30H33F2NO3. The van der Waals surface area contributed by atoms with Gasteiger partial charge < -0.3 is 14.7 Å². The molecule has 36 heavy (non-hydrogen) atoms. The SMILES string of the molecule is [2H]Oc1ccc([C@@H]2[C@@H]([C@@H](C)C[C@H](OC)c3ccc(F)c(C)c3C)C(=O)N2c2ccc(F)cc2C)c(C)c1. The van der Waals surface area contributed by atoms with Gasteiger partial charge in [-0.25, -0.2) is 8.78 Å². The fourth-order valence-electron chi connectivity index (χ4n) is 5.53. The molecule has 4 nitrogen and oxygen atoms in total. The van der Waals surface area contributed by atoms with Crippen LogP contribution in [0.15, 0.2) is 48.5 Å². The molecular weight excluding hydrogens is 460 g/mol. The molecule has 1 aliphatic heterocycles. The highest BCUT2D eigenvalue weighted by molar-refractivity contribution is 6.04. The van der Waals surface area contributed by atoms with Gasteiger partial charge in [-0.3, -0.25) is 4.79 Å². The monoisotopic (exact) mass is 494 g/mol. The summed E-state index contributed by atoms with van der Waals surface area (Å²) < 4.78 is 41.0. The number of aryl methyl sites for hydroxylation is 2. The van der Waals surface area contributed by atoms with Crippen LogP contribution in [-0.4, -0.2) is 19.6 Å². The van der Waals surface area contributed by atoms with Crippen molar-refractivity contribution in [2.24, 2.45) is 11.8 Å². The Morgan fingerprint density at radius 1 is 1.03 bits per heavy atom. The van der Waals surface area contributed by atoms with Crippen molar-refractivity contribution in [3.05, 3.63) is 93.5 Å². The molecule has 6 heteroatoms. The van der Waals surface area contributed by atoms with Crippen molar-refractivity contribution >= 4 is 11.6 Å². The van der Waals surface area contributed by atoms with Gasteiger partial charge in [0, 0.05) is 12.8 Å². The summed E-state index contributed by atoms with van der Waals surface area (Å²) in [4.78, 5) is 15.5. The number of phenols is 1. The molecule has 0 unspecified atom stereocenters. The maximum atomic E-state index is 14.1. The maximum Gasteiger partial charge on any atom is 0.293 e. The lowest BCUT2D eigenvalue weighted by Crippen LogP contribution is -2.58. The molecule has 1 aliphatic rings. The third kappa shape index (κ3) is 4.50. The van der Waals surface area contributed by atoms with E-state index in [-0.39, 0.29) is 41.5 Å². The van der Waals surface area contributed by atoms with Gasteiger partial charge in [0.1, 0.15) is 17.4 Å². The summed E-state index contributed by atoms with van der Waals surface area (Å²) in [7, 11) is 1.63. The average molecular weight is 495 g/mol. The van der Waals surface area contributed by atoms with Crippen molar-refractivity contribution in [1.82, 2.24) is 0 Å². The van der Waals surface area contributed by atoms with Crippen molar-refractivity contribution < 1.29 is 23.4 Å². The number of anilines is 1. The number of nitrogens with zero attached hydrogens (tertiary/aromatic N) is 1. The number of ether oxygens (including phenoxy) is 1. The lowest BCUT2D eigenvalue weighted by Gasteiger charge is -2.51. The van der Waals surface area contributed by atoms with Crippen molar-refractivity contribution in [3.63, 3.8) is 0 Å². The zero-order chi connectivity index (χ0) is 27.0. The summed E-state index contributed by atoms with van der Waals surface area (Å²) in [5.41, 5.74) is 5.56. The average Bonchev–Trinajstić information content (AvgIpc) is 2.86. The first-order valence-electron chi connectivity index (χ1n) is 12.6. The Balaban J connectivity index is 1.71. The molecule has 1 heterocycles. The molecule has 1 saturated heterocycles. The van der Waals surface area contributed by atoms with E-state index in [9.17, 15) is 13.6 Å². The number of rotatable bonds is 8. The fraction of sp³-hybridized carbons (Fsp3) is 0.367. The van der Waals surface area contributed by atoms with Crippen molar-refractivity contribution in [2.75, 3.05) is 12.0 Å². The summed E-state index contributed by atoms with van der Waals surface area (Å²) in [5, 5.41) is 4.65. The minimum absolute atomic E-state index is 0.0331. The van der Waals surface area contributed by atoms with E-state index in [4.69, 9.17) is 6.17 Å². The van der Waals surface area contributed by atoms with Crippen molar-refractivity contribution in [1.29, 1.82) is 1.43 Å². The zero-order valence-electron chi connectivity index (χ0n) is 22.6. The zero-order valence-corrected chi connectivity index (χ0v) is 21.6. The number of hydrogen-bond donors (Lipinski definition) is 1. The van der Waals surface area contributed by atoms with Crippen LogP contribution in [-0.2, 0) is 9.53 Å². The number of methoxy groups -OCH3 is 1. The minimum atomic E-state index is -0.350. The lowest BCUT2D eigenvalue weighted by atomic mass is 9.71. The van der Waals surface area contributed by atoms with E-state index >= 15 is 0 Å². The van der Waals surface area contributed by atoms with Crippen LogP contribution in [0.5, 0.6) is 5.75 Å². The smallest absolute Gasteiger partial charge is 0.293 e. The third-order valence-corrected chi connectivity index (χ3v) is 7.71. The molecule has 0 spiro atoms. The Labute approximate surface area is 213 Å². The summed E-state index contributed by atoms with van der Waals surface area (Å²) in [5.74, 6) is -0.631. The molecule has 0 bridgehead atoms. The summed E-state index contributed by atoms with van der Waals surface area (Å²) >= 11 is 0. The van der Waals surface area contributed by atoms with E-state index in [1.54, 1.807) is 50.1 Å². The van der Waals surface area contributed by atoms with E-state index in [1.807, 2.05) is 26.8 Å².